The van der Waals surface area contributed by atoms with Crippen LogP contribution in [0.15, 0.2) is 47.4 Å². The molecule has 0 atom stereocenters. The van der Waals surface area contributed by atoms with Gasteiger partial charge in [-0.25, -0.2) is 4.79 Å². The zero-order valence-electron chi connectivity index (χ0n) is 14.9. The summed E-state index contributed by atoms with van der Waals surface area (Å²) >= 11 is 1.31. The maximum Gasteiger partial charge on any atom is 0.338 e. The smallest absolute Gasteiger partial charge is 0.338 e. The molecule has 0 aliphatic rings. The topological polar surface area (TPSA) is 97.6 Å². The van der Waals surface area contributed by atoms with E-state index in [0.717, 1.165) is 4.90 Å². The first-order chi connectivity index (χ1) is 13.1. The summed E-state index contributed by atoms with van der Waals surface area (Å²) in [6.45, 7) is -0.440. The Morgan fingerprint density at radius 3 is 2.56 bits per heavy atom. The van der Waals surface area contributed by atoms with Crippen molar-refractivity contribution in [2.45, 2.75) is 4.90 Å². The lowest BCUT2D eigenvalue weighted by molar-refractivity contribution is -0.119. The number of hydrogen-bond donors (Lipinski definition) is 1. The predicted molar refractivity (Wildman–Crippen MR) is 101 cm³/mol. The van der Waals surface area contributed by atoms with Gasteiger partial charge in [0.25, 0.3) is 5.91 Å². The van der Waals surface area contributed by atoms with E-state index in [0.29, 0.717) is 17.2 Å². The fourth-order valence-corrected chi connectivity index (χ4v) is 2.84. The number of rotatable bonds is 8. The van der Waals surface area contributed by atoms with Gasteiger partial charge in [-0.05, 0) is 30.3 Å². The van der Waals surface area contributed by atoms with Gasteiger partial charge in [-0.15, -0.1) is 11.8 Å². The zero-order chi connectivity index (χ0) is 19.6. The molecule has 0 aromatic heterocycles. The molecule has 0 bridgehead atoms. The van der Waals surface area contributed by atoms with Gasteiger partial charge in [0, 0.05) is 4.90 Å². The van der Waals surface area contributed by atoms with E-state index in [9.17, 15) is 9.59 Å². The molecule has 0 saturated carbocycles. The summed E-state index contributed by atoms with van der Waals surface area (Å²) in [4.78, 5) is 25.0. The average molecular weight is 386 g/mol. The van der Waals surface area contributed by atoms with Crippen molar-refractivity contribution < 1.29 is 23.8 Å². The lowest BCUT2D eigenvalue weighted by atomic mass is 10.2. The number of carbonyl (C=O) groups excluding carboxylic acids is 2. The van der Waals surface area contributed by atoms with Crippen molar-refractivity contribution in [2.75, 3.05) is 31.9 Å². The molecule has 1 amide bonds. The molecule has 0 aliphatic heterocycles. The van der Waals surface area contributed by atoms with Gasteiger partial charge in [-0.3, -0.25) is 4.79 Å². The van der Waals surface area contributed by atoms with Gasteiger partial charge in [-0.1, -0.05) is 12.1 Å². The molecule has 1 N–H and O–H groups in total. The Morgan fingerprint density at radius 1 is 1.11 bits per heavy atom. The number of hydrogen-bond acceptors (Lipinski definition) is 7. The second-order valence-electron chi connectivity index (χ2n) is 5.14. The first kappa shape index (κ1) is 20.1. The van der Waals surface area contributed by atoms with E-state index in [2.05, 4.69) is 5.32 Å². The standard InChI is InChI=1S/C19H18N2O5S/c1-24-15-8-7-13(11-16(15)25-2)19(23)26-12-18(22)21-14-5-3-4-6-17(14)27-10-9-20/h3-8,11H,10,12H2,1-2H3,(H,21,22). The summed E-state index contributed by atoms with van der Waals surface area (Å²) < 4.78 is 15.3. The van der Waals surface area contributed by atoms with Crippen LogP contribution in [0.25, 0.3) is 0 Å². The molecule has 0 aliphatic carbocycles. The molecule has 0 spiro atoms. The van der Waals surface area contributed by atoms with Crippen LogP contribution < -0.4 is 14.8 Å². The van der Waals surface area contributed by atoms with Crippen LogP contribution in [-0.2, 0) is 9.53 Å². The summed E-state index contributed by atoms with van der Waals surface area (Å²) in [7, 11) is 2.95. The number of nitriles is 1. The Morgan fingerprint density at radius 2 is 1.85 bits per heavy atom. The highest BCUT2D eigenvalue weighted by atomic mass is 32.2. The molecule has 2 rings (SSSR count). The Labute approximate surface area is 161 Å². The van der Waals surface area contributed by atoms with E-state index in [1.165, 1.54) is 38.1 Å². The molecule has 2 aromatic rings. The van der Waals surface area contributed by atoms with Crippen molar-refractivity contribution in [1.29, 1.82) is 5.26 Å². The number of carbonyl (C=O) groups is 2. The quantitative estimate of drug-likeness (QED) is 0.550. The zero-order valence-corrected chi connectivity index (χ0v) is 15.7. The number of nitrogens with one attached hydrogen (secondary N) is 1. The third kappa shape index (κ3) is 5.66. The Bertz CT molecular complexity index is 863. The van der Waals surface area contributed by atoms with Gasteiger partial charge < -0.3 is 19.5 Å². The van der Waals surface area contributed by atoms with Crippen molar-refractivity contribution in [2.24, 2.45) is 0 Å². The highest BCUT2D eigenvalue weighted by Crippen LogP contribution is 2.28. The molecule has 2 aromatic carbocycles. The van der Waals surface area contributed by atoms with Crippen molar-refractivity contribution in [3.63, 3.8) is 0 Å². The summed E-state index contributed by atoms with van der Waals surface area (Å²) in [6.07, 6.45) is 0. The maximum atomic E-state index is 12.1. The number of amides is 1. The molecule has 7 nitrogen and oxygen atoms in total. The van der Waals surface area contributed by atoms with Crippen LogP contribution in [0.1, 0.15) is 10.4 Å². The minimum atomic E-state index is -0.654. The van der Waals surface area contributed by atoms with Crippen LogP contribution in [0.5, 0.6) is 11.5 Å². The van der Waals surface area contributed by atoms with Crippen LogP contribution in [0, 0.1) is 11.3 Å². The third-order valence-corrected chi connectivity index (χ3v) is 4.35. The normalized spacial score (nSPS) is 9.81. The van der Waals surface area contributed by atoms with E-state index in [-0.39, 0.29) is 11.3 Å². The SMILES string of the molecule is COc1ccc(C(=O)OCC(=O)Nc2ccccc2SCC#N)cc1OC. The van der Waals surface area contributed by atoms with Gasteiger partial charge >= 0.3 is 5.97 Å². The van der Waals surface area contributed by atoms with Crippen LogP contribution in [-0.4, -0.2) is 38.5 Å². The number of thioether (sulfide) groups is 1. The number of para-hydroxylation sites is 1. The van der Waals surface area contributed by atoms with Gasteiger partial charge in [0.05, 0.1) is 37.3 Å². The molecular formula is C19H18N2O5S. The van der Waals surface area contributed by atoms with E-state index in [1.807, 2.05) is 12.1 Å². The monoisotopic (exact) mass is 386 g/mol. The van der Waals surface area contributed by atoms with Gasteiger partial charge in [-0.2, -0.15) is 5.26 Å². The van der Waals surface area contributed by atoms with E-state index in [4.69, 9.17) is 19.5 Å². The fourth-order valence-electron chi connectivity index (χ4n) is 2.17. The van der Waals surface area contributed by atoms with Crippen LogP contribution in [0.4, 0.5) is 5.69 Å². The maximum absolute atomic E-state index is 12.1. The van der Waals surface area contributed by atoms with Crippen molar-refractivity contribution in [3.8, 4) is 17.6 Å². The number of esters is 1. The number of benzene rings is 2. The third-order valence-electron chi connectivity index (χ3n) is 3.41. The van der Waals surface area contributed by atoms with Crippen LogP contribution in [0.2, 0.25) is 0 Å². The van der Waals surface area contributed by atoms with E-state index in [1.54, 1.807) is 24.3 Å². The van der Waals surface area contributed by atoms with E-state index < -0.39 is 18.5 Å². The van der Waals surface area contributed by atoms with Gasteiger partial charge in [0.15, 0.2) is 18.1 Å². The second kappa shape index (κ2) is 10.1. The highest BCUT2D eigenvalue weighted by Gasteiger charge is 2.14. The first-order valence-corrected chi connectivity index (χ1v) is 8.85. The van der Waals surface area contributed by atoms with Crippen LogP contribution in [0.3, 0.4) is 0 Å². The Hall–Kier alpha value is -3.18. The van der Waals surface area contributed by atoms with Crippen molar-refractivity contribution >= 4 is 29.3 Å². The number of ether oxygens (including phenoxy) is 3. The number of methoxy groups -OCH3 is 2. The molecule has 0 fully saturated rings. The molecule has 140 valence electrons. The van der Waals surface area contributed by atoms with Crippen LogP contribution >= 0.6 is 11.8 Å². The predicted octanol–water partition coefficient (Wildman–Crippen LogP) is 3.11. The number of nitrogens with zero attached hydrogens (tertiary/aromatic N) is 1. The number of anilines is 1. The summed E-state index contributed by atoms with van der Waals surface area (Å²) in [6, 6.07) is 13.7. The molecule has 0 heterocycles. The molecule has 27 heavy (non-hydrogen) atoms. The molecule has 0 unspecified atom stereocenters. The molecular weight excluding hydrogens is 368 g/mol. The fraction of sp³-hybridized carbons (Fsp3) is 0.211. The largest absolute Gasteiger partial charge is 0.493 e. The second-order valence-corrected chi connectivity index (χ2v) is 6.15. The Balaban J connectivity index is 1.96. The lowest BCUT2D eigenvalue weighted by Crippen LogP contribution is -2.21. The minimum Gasteiger partial charge on any atom is -0.493 e. The van der Waals surface area contributed by atoms with Crippen molar-refractivity contribution in [1.82, 2.24) is 0 Å². The highest BCUT2D eigenvalue weighted by molar-refractivity contribution is 7.99. The van der Waals surface area contributed by atoms with Gasteiger partial charge in [0.2, 0.25) is 0 Å². The van der Waals surface area contributed by atoms with Gasteiger partial charge in [0.1, 0.15) is 0 Å². The summed E-state index contributed by atoms with van der Waals surface area (Å²) in [5.74, 6) is 0.00597. The molecule has 0 radical (unpaired) electrons. The Kier molecular flexibility index (Phi) is 7.52. The summed E-state index contributed by atoms with van der Waals surface area (Å²) in [5.41, 5.74) is 0.801. The minimum absolute atomic E-state index is 0.241. The van der Waals surface area contributed by atoms with E-state index >= 15 is 0 Å². The molecule has 8 heteroatoms. The molecule has 0 saturated heterocycles. The van der Waals surface area contributed by atoms with Crippen molar-refractivity contribution in [3.05, 3.63) is 48.0 Å². The average Bonchev–Trinajstić information content (AvgIpc) is 2.70. The summed E-state index contributed by atoms with van der Waals surface area (Å²) in [5, 5.41) is 11.4. The lowest BCUT2D eigenvalue weighted by Gasteiger charge is -2.11. The first-order valence-electron chi connectivity index (χ1n) is 7.86.